The zero-order valence-corrected chi connectivity index (χ0v) is 13.1. The van der Waals surface area contributed by atoms with E-state index in [-0.39, 0.29) is 0 Å². The molecule has 1 heteroatoms. The minimum Gasteiger partial charge on any atom is -0.183 e. The molecule has 0 unspecified atom stereocenters. The summed E-state index contributed by atoms with van der Waals surface area (Å²) in [5.74, 6) is 0. The standard InChI is InChI=1S/C11H12.2C2H6.CH4S/c1-3-7-11-9-6-5-8-10(11)4-2;3*1-2/h3-9H,1H2,2H3;2*1-2H3;2H,1H3/b10-4-,11-7-;;;. The summed E-state index contributed by atoms with van der Waals surface area (Å²) in [4.78, 5) is 0. The SMILES string of the molecule is C=C/C=c1/cccc/c1=C/C.CC.CC.CS. The van der Waals surface area contributed by atoms with E-state index in [2.05, 4.69) is 37.4 Å². The van der Waals surface area contributed by atoms with Crippen LogP contribution < -0.4 is 10.4 Å². The van der Waals surface area contributed by atoms with Crippen molar-refractivity contribution in [2.24, 2.45) is 0 Å². The molecule has 0 nitrogen and oxygen atoms in total. The Bertz CT molecular complexity index is 350. The summed E-state index contributed by atoms with van der Waals surface area (Å²) >= 11 is 3.53. The van der Waals surface area contributed by atoms with Gasteiger partial charge in [-0.1, -0.05) is 76.8 Å². The van der Waals surface area contributed by atoms with E-state index in [9.17, 15) is 0 Å². The minimum absolute atomic E-state index is 1.23. The fourth-order valence-electron chi connectivity index (χ4n) is 1.05. The number of allylic oxidation sites excluding steroid dienone is 1. The largest absolute Gasteiger partial charge is 0.183 e. The van der Waals surface area contributed by atoms with Crippen molar-refractivity contribution in [2.45, 2.75) is 34.6 Å². The Morgan fingerprint density at radius 1 is 0.941 bits per heavy atom. The molecular formula is C16H28S. The first-order chi connectivity index (χ1) is 8.38. The lowest BCUT2D eigenvalue weighted by molar-refractivity contribution is 1.50. The number of benzene rings is 1. The predicted molar refractivity (Wildman–Crippen MR) is 88.1 cm³/mol. The normalized spacial score (nSPS) is 9.82. The van der Waals surface area contributed by atoms with Crippen molar-refractivity contribution < 1.29 is 0 Å². The second kappa shape index (κ2) is 20.5. The zero-order chi connectivity index (χ0) is 14.1. The lowest BCUT2D eigenvalue weighted by Crippen LogP contribution is -2.22. The maximum atomic E-state index is 3.66. The molecule has 0 aromatic heterocycles. The van der Waals surface area contributed by atoms with E-state index in [1.54, 1.807) is 6.26 Å². The van der Waals surface area contributed by atoms with Gasteiger partial charge in [0.2, 0.25) is 0 Å². The summed E-state index contributed by atoms with van der Waals surface area (Å²) in [6.07, 6.45) is 7.60. The molecule has 0 aliphatic heterocycles. The van der Waals surface area contributed by atoms with E-state index < -0.39 is 0 Å². The van der Waals surface area contributed by atoms with Crippen LogP contribution >= 0.6 is 12.6 Å². The van der Waals surface area contributed by atoms with Gasteiger partial charge in [-0.05, 0) is 23.6 Å². The predicted octanol–water partition coefficient (Wildman–Crippen LogP) is 4.05. The van der Waals surface area contributed by atoms with E-state index in [0.717, 1.165) is 0 Å². The van der Waals surface area contributed by atoms with E-state index in [4.69, 9.17) is 0 Å². The highest BCUT2D eigenvalue weighted by Gasteiger charge is 1.78. The van der Waals surface area contributed by atoms with Crippen molar-refractivity contribution in [1.29, 1.82) is 0 Å². The molecule has 1 rings (SSSR count). The monoisotopic (exact) mass is 252 g/mol. The highest BCUT2D eigenvalue weighted by Crippen LogP contribution is 1.72. The number of hydrogen-bond acceptors (Lipinski definition) is 1. The Morgan fingerprint density at radius 2 is 1.35 bits per heavy atom. The Morgan fingerprint density at radius 3 is 1.71 bits per heavy atom. The maximum absolute atomic E-state index is 3.66. The molecule has 0 bridgehead atoms. The van der Waals surface area contributed by atoms with Gasteiger partial charge in [-0.3, -0.25) is 0 Å². The molecule has 0 aliphatic rings. The molecule has 0 aliphatic carbocycles. The van der Waals surface area contributed by atoms with Crippen LogP contribution in [0.1, 0.15) is 34.6 Å². The quantitative estimate of drug-likeness (QED) is 0.716. The molecule has 0 spiro atoms. The highest BCUT2D eigenvalue weighted by atomic mass is 32.1. The first-order valence-electron chi connectivity index (χ1n) is 6.17. The molecule has 0 saturated heterocycles. The van der Waals surface area contributed by atoms with Crippen LogP contribution in [0.3, 0.4) is 0 Å². The van der Waals surface area contributed by atoms with Crippen LogP contribution in [0.15, 0.2) is 36.9 Å². The zero-order valence-electron chi connectivity index (χ0n) is 12.2. The van der Waals surface area contributed by atoms with Crippen LogP contribution in [-0.2, 0) is 0 Å². The maximum Gasteiger partial charge on any atom is -0.0188 e. The Hall–Kier alpha value is -0.950. The molecule has 0 saturated carbocycles. The molecule has 0 radical (unpaired) electrons. The number of rotatable bonds is 1. The third-order valence-corrected chi connectivity index (χ3v) is 1.60. The molecule has 0 fully saturated rings. The second-order valence-electron chi connectivity index (χ2n) is 2.32. The van der Waals surface area contributed by atoms with Crippen LogP contribution in [-0.4, -0.2) is 6.26 Å². The number of hydrogen-bond donors (Lipinski definition) is 1. The topological polar surface area (TPSA) is 0 Å². The van der Waals surface area contributed by atoms with Crippen molar-refractivity contribution in [3.05, 3.63) is 47.4 Å². The average Bonchev–Trinajstić information content (AvgIpc) is 2.46. The summed E-state index contributed by atoms with van der Waals surface area (Å²) in [7, 11) is 0. The van der Waals surface area contributed by atoms with Crippen molar-refractivity contribution >= 4 is 24.8 Å². The molecule has 0 atom stereocenters. The van der Waals surface area contributed by atoms with Crippen LogP contribution in [0.25, 0.3) is 12.2 Å². The molecular weight excluding hydrogens is 224 g/mol. The van der Waals surface area contributed by atoms with Crippen LogP contribution in [0, 0.1) is 0 Å². The van der Waals surface area contributed by atoms with Gasteiger partial charge in [-0.25, -0.2) is 0 Å². The van der Waals surface area contributed by atoms with Gasteiger partial charge in [0.05, 0.1) is 0 Å². The van der Waals surface area contributed by atoms with Gasteiger partial charge >= 0.3 is 0 Å². The van der Waals surface area contributed by atoms with Crippen molar-refractivity contribution in [3.8, 4) is 0 Å². The molecule has 0 N–H and O–H groups in total. The third-order valence-electron chi connectivity index (χ3n) is 1.60. The lowest BCUT2D eigenvalue weighted by atomic mass is 10.2. The molecule has 98 valence electrons. The Labute approximate surface area is 113 Å². The molecule has 0 amide bonds. The fraction of sp³-hybridized carbons (Fsp3) is 0.375. The summed E-state index contributed by atoms with van der Waals surface area (Å²) < 4.78 is 0. The van der Waals surface area contributed by atoms with Crippen LogP contribution in [0.2, 0.25) is 0 Å². The van der Waals surface area contributed by atoms with Gasteiger partial charge < -0.3 is 0 Å². The highest BCUT2D eigenvalue weighted by molar-refractivity contribution is 7.79. The average molecular weight is 252 g/mol. The van der Waals surface area contributed by atoms with Crippen molar-refractivity contribution in [2.75, 3.05) is 6.26 Å². The first kappa shape index (κ1) is 21.3. The Kier molecular flexibility index (Phi) is 25.7. The van der Waals surface area contributed by atoms with Gasteiger partial charge in [-0.2, -0.15) is 12.6 Å². The Balaban J connectivity index is -0.000000285. The summed E-state index contributed by atoms with van der Waals surface area (Å²) in [6, 6.07) is 8.24. The summed E-state index contributed by atoms with van der Waals surface area (Å²) in [5.41, 5.74) is 0. The second-order valence-corrected chi connectivity index (χ2v) is 2.32. The van der Waals surface area contributed by atoms with Crippen molar-refractivity contribution in [1.82, 2.24) is 0 Å². The molecule has 0 heterocycles. The van der Waals surface area contributed by atoms with E-state index in [0.29, 0.717) is 0 Å². The van der Waals surface area contributed by atoms with E-state index in [1.165, 1.54) is 10.4 Å². The first-order valence-corrected chi connectivity index (χ1v) is 7.07. The molecule has 1 aromatic rings. The third kappa shape index (κ3) is 11.3. The minimum atomic E-state index is 1.23. The number of thiol groups is 1. The van der Waals surface area contributed by atoms with Crippen LogP contribution in [0.4, 0.5) is 0 Å². The van der Waals surface area contributed by atoms with Gasteiger partial charge in [0.25, 0.3) is 0 Å². The lowest BCUT2D eigenvalue weighted by Gasteiger charge is -1.86. The van der Waals surface area contributed by atoms with Gasteiger partial charge in [0.15, 0.2) is 0 Å². The summed E-state index contributed by atoms with van der Waals surface area (Å²) in [6.45, 7) is 13.7. The van der Waals surface area contributed by atoms with Gasteiger partial charge in [-0.15, -0.1) is 0 Å². The molecule has 1 aromatic carbocycles. The van der Waals surface area contributed by atoms with Gasteiger partial charge in [0, 0.05) is 0 Å². The van der Waals surface area contributed by atoms with Crippen molar-refractivity contribution in [3.63, 3.8) is 0 Å². The molecule has 17 heavy (non-hydrogen) atoms. The van der Waals surface area contributed by atoms with E-state index >= 15 is 0 Å². The van der Waals surface area contributed by atoms with Crippen LogP contribution in [0.5, 0.6) is 0 Å². The summed E-state index contributed by atoms with van der Waals surface area (Å²) in [5, 5.41) is 2.48. The smallest absolute Gasteiger partial charge is 0.0188 e. The fourth-order valence-corrected chi connectivity index (χ4v) is 1.05. The van der Waals surface area contributed by atoms with Gasteiger partial charge in [0.1, 0.15) is 0 Å². The van der Waals surface area contributed by atoms with E-state index in [1.807, 2.05) is 58.9 Å².